The summed E-state index contributed by atoms with van der Waals surface area (Å²) < 4.78 is 0. The first-order valence-electron chi connectivity index (χ1n) is 6.80. The molecule has 1 aliphatic carbocycles. The molecule has 1 rings (SSSR count). The van der Waals surface area contributed by atoms with E-state index in [2.05, 4.69) is 19.2 Å². The summed E-state index contributed by atoms with van der Waals surface area (Å²) in [6, 6.07) is 0.460. The monoisotopic (exact) mass is 228 g/mol. The SMILES string of the molecule is CCC(CC)(CN)NC1CCCCC1CO. The van der Waals surface area contributed by atoms with Crippen molar-refractivity contribution in [3.8, 4) is 0 Å². The van der Waals surface area contributed by atoms with Crippen molar-refractivity contribution in [2.24, 2.45) is 11.7 Å². The van der Waals surface area contributed by atoms with Gasteiger partial charge in [0, 0.05) is 24.7 Å². The second-order valence-electron chi connectivity index (χ2n) is 5.17. The molecule has 0 bridgehead atoms. The highest BCUT2D eigenvalue weighted by molar-refractivity contribution is 4.92. The van der Waals surface area contributed by atoms with E-state index in [1.165, 1.54) is 19.3 Å². The van der Waals surface area contributed by atoms with Gasteiger partial charge in [-0.1, -0.05) is 26.7 Å². The molecule has 0 radical (unpaired) electrons. The predicted octanol–water partition coefficient (Wildman–Crippen LogP) is 1.64. The van der Waals surface area contributed by atoms with Crippen LogP contribution < -0.4 is 11.1 Å². The lowest BCUT2D eigenvalue weighted by molar-refractivity contribution is 0.124. The normalized spacial score (nSPS) is 27.0. The lowest BCUT2D eigenvalue weighted by Crippen LogP contribution is -2.57. The second-order valence-corrected chi connectivity index (χ2v) is 5.17. The van der Waals surface area contributed by atoms with Gasteiger partial charge in [-0.2, -0.15) is 0 Å². The maximum atomic E-state index is 9.41. The van der Waals surface area contributed by atoms with Crippen LogP contribution in [-0.2, 0) is 0 Å². The maximum absolute atomic E-state index is 9.41. The zero-order valence-corrected chi connectivity index (χ0v) is 10.8. The highest BCUT2D eigenvalue weighted by atomic mass is 16.3. The van der Waals surface area contributed by atoms with E-state index in [4.69, 9.17) is 5.73 Å². The topological polar surface area (TPSA) is 58.3 Å². The van der Waals surface area contributed by atoms with E-state index < -0.39 is 0 Å². The van der Waals surface area contributed by atoms with Crippen molar-refractivity contribution in [3.63, 3.8) is 0 Å². The molecule has 1 aliphatic rings. The molecule has 2 unspecified atom stereocenters. The Balaban J connectivity index is 2.61. The summed E-state index contributed by atoms with van der Waals surface area (Å²) in [5.41, 5.74) is 5.99. The summed E-state index contributed by atoms with van der Waals surface area (Å²) in [6.07, 6.45) is 7.01. The van der Waals surface area contributed by atoms with Gasteiger partial charge in [0.15, 0.2) is 0 Å². The minimum atomic E-state index is 0.0788. The smallest absolute Gasteiger partial charge is 0.0474 e. The number of aliphatic hydroxyl groups is 1. The first-order chi connectivity index (χ1) is 7.71. The Bertz CT molecular complexity index is 184. The first-order valence-corrected chi connectivity index (χ1v) is 6.80. The van der Waals surface area contributed by atoms with Gasteiger partial charge in [0.25, 0.3) is 0 Å². The average Bonchev–Trinajstić information content (AvgIpc) is 2.36. The Morgan fingerprint density at radius 1 is 1.25 bits per heavy atom. The van der Waals surface area contributed by atoms with Gasteiger partial charge < -0.3 is 16.2 Å². The molecule has 0 aromatic heterocycles. The van der Waals surface area contributed by atoms with Gasteiger partial charge in [-0.05, 0) is 31.6 Å². The molecule has 2 atom stereocenters. The van der Waals surface area contributed by atoms with Crippen LogP contribution in [0.25, 0.3) is 0 Å². The Morgan fingerprint density at radius 2 is 1.88 bits per heavy atom. The molecule has 0 aliphatic heterocycles. The minimum absolute atomic E-state index is 0.0788. The number of hydrogen-bond donors (Lipinski definition) is 3. The molecule has 4 N–H and O–H groups in total. The molecule has 16 heavy (non-hydrogen) atoms. The quantitative estimate of drug-likeness (QED) is 0.648. The molecule has 1 fully saturated rings. The molecule has 0 heterocycles. The molecule has 3 heteroatoms. The van der Waals surface area contributed by atoms with Gasteiger partial charge in [0.2, 0.25) is 0 Å². The van der Waals surface area contributed by atoms with E-state index in [0.717, 1.165) is 19.3 Å². The third-order valence-electron chi connectivity index (χ3n) is 4.38. The van der Waals surface area contributed by atoms with Gasteiger partial charge in [-0.25, -0.2) is 0 Å². The number of rotatable bonds is 6. The summed E-state index contributed by atoms with van der Waals surface area (Å²) in [7, 11) is 0. The van der Waals surface area contributed by atoms with Crippen LogP contribution in [0.5, 0.6) is 0 Å². The molecule has 3 nitrogen and oxygen atoms in total. The second kappa shape index (κ2) is 6.58. The van der Waals surface area contributed by atoms with Crippen molar-refractivity contribution < 1.29 is 5.11 Å². The highest BCUT2D eigenvalue weighted by Gasteiger charge is 2.32. The standard InChI is InChI=1S/C13H28N2O/c1-3-13(4-2,10-14)15-12-8-6-5-7-11(12)9-16/h11-12,15-16H,3-10,14H2,1-2H3. The van der Waals surface area contributed by atoms with Crippen LogP contribution in [0.1, 0.15) is 52.4 Å². The molecular formula is C13H28N2O. The zero-order chi connectivity index (χ0) is 12.0. The molecule has 0 aromatic rings. The first kappa shape index (κ1) is 13.9. The fourth-order valence-corrected chi connectivity index (χ4v) is 2.81. The van der Waals surface area contributed by atoms with E-state index in [9.17, 15) is 5.11 Å². The maximum Gasteiger partial charge on any atom is 0.0474 e. The minimum Gasteiger partial charge on any atom is -0.396 e. The molecular weight excluding hydrogens is 200 g/mol. The van der Waals surface area contributed by atoms with E-state index in [1.807, 2.05) is 0 Å². The van der Waals surface area contributed by atoms with Crippen molar-refractivity contribution in [3.05, 3.63) is 0 Å². The summed E-state index contributed by atoms with van der Waals surface area (Å²) in [5.74, 6) is 0.428. The van der Waals surface area contributed by atoms with Gasteiger partial charge >= 0.3 is 0 Å². The summed E-state index contributed by atoms with van der Waals surface area (Å²) in [5, 5.41) is 13.1. The summed E-state index contributed by atoms with van der Waals surface area (Å²) in [6.45, 7) is 5.39. The fraction of sp³-hybridized carbons (Fsp3) is 1.00. The van der Waals surface area contributed by atoms with Crippen LogP contribution in [0.3, 0.4) is 0 Å². The number of hydrogen-bond acceptors (Lipinski definition) is 3. The lowest BCUT2D eigenvalue weighted by Gasteiger charge is -2.40. The van der Waals surface area contributed by atoms with Crippen LogP contribution in [0.4, 0.5) is 0 Å². The van der Waals surface area contributed by atoms with Crippen molar-refractivity contribution >= 4 is 0 Å². The molecule has 0 aromatic carbocycles. The van der Waals surface area contributed by atoms with Crippen molar-refractivity contribution in [2.75, 3.05) is 13.2 Å². The van der Waals surface area contributed by atoms with E-state index in [1.54, 1.807) is 0 Å². The van der Waals surface area contributed by atoms with Gasteiger partial charge in [-0.3, -0.25) is 0 Å². The lowest BCUT2D eigenvalue weighted by atomic mass is 9.82. The van der Waals surface area contributed by atoms with Crippen molar-refractivity contribution in [2.45, 2.75) is 64.0 Å². The summed E-state index contributed by atoms with van der Waals surface area (Å²) >= 11 is 0. The van der Waals surface area contributed by atoms with Crippen LogP contribution in [0.15, 0.2) is 0 Å². The van der Waals surface area contributed by atoms with Gasteiger partial charge in [0.1, 0.15) is 0 Å². The largest absolute Gasteiger partial charge is 0.396 e. The Morgan fingerprint density at radius 3 is 2.38 bits per heavy atom. The molecule has 1 saturated carbocycles. The van der Waals surface area contributed by atoms with Crippen molar-refractivity contribution in [1.29, 1.82) is 0 Å². The van der Waals surface area contributed by atoms with Crippen LogP contribution in [0, 0.1) is 5.92 Å². The third kappa shape index (κ3) is 3.19. The van der Waals surface area contributed by atoms with E-state index >= 15 is 0 Å². The van der Waals surface area contributed by atoms with E-state index in [0.29, 0.717) is 25.1 Å². The number of nitrogens with one attached hydrogen (secondary N) is 1. The molecule has 96 valence electrons. The average molecular weight is 228 g/mol. The fourth-order valence-electron chi connectivity index (χ4n) is 2.81. The zero-order valence-electron chi connectivity index (χ0n) is 10.8. The Kier molecular flexibility index (Phi) is 5.73. The Labute approximate surface area is 99.8 Å². The van der Waals surface area contributed by atoms with Gasteiger partial charge in [-0.15, -0.1) is 0 Å². The van der Waals surface area contributed by atoms with Crippen LogP contribution in [-0.4, -0.2) is 29.8 Å². The predicted molar refractivity (Wildman–Crippen MR) is 68.3 cm³/mol. The van der Waals surface area contributed by atoms with Gasteiger partial charge in [0.05, 0.1) is 0 Å². The molecule has 0 saturated heterocycles. The number of aliphatic hydroxyl groups excluding tert-OH is 1. The van der Waals surface area contributed by atoms with Crippen molar-refractivity contribution in [1.82, 2.24) is 5.32 Å². The highest BCUT2D eigenvalue weighted by Crippen LogP contribution is 2.27. The Hall–Kier alpha value is -0.120. The molecule has 0 spiro atoms. The van der Waals surface area contributed by atoms with E-state index in [-0.39, 0.29) is 5.54 Å². The number of nitrogens with two attached hydrogens (primary N) is 1. The third-order valence-corrected chi connectivity index (χ3v) is 4.38. The molecule has 0 amide bonds. The summed E-state index contributed by atoms with van der Waals surface area (Å²) in [4.78, 5) is 0. The van der Waals surface area contributed by atoms with Crippen LogP contribution in [0.2, 0.25) is 0 Å². The van der Waals surface area contributed by atoms with Crippen LogP contribution >= 0.6 is 0 Å².